The number of hydrogen-bond donors (Lipinski definition) is 1. The molecule has 1 aromatic carbocycles. The van der Waals surface area contributed by atoms with Gasteiger partial charge in [-0.15, -0.1) is 11.6 Å². The SMILES string of the molecule is O=C(CCl)NCc1cc(COc2ccccc2F)on1. The molecule has 0 radical (unpaired) electrons. The monoisotopic (exact) mass is 298 g/mol. The first-order valence-corrected chi connectivity index (χ1v) is 6.37. The molecule has 0 aliphatic heterocycles. The average molecular weight is 299 g/mol. The van der Waals surface area contributed by atoms with Gasteiger partial charge in [0.15, 0.2) is 17.3 Å². The number of amides is 1. The summed E-state index contributed by atoms with van der Waals surface area (Å²) in [7, 11) is 0. The zero-order valence-electron chi connectivity index (χ0n) is 10.4. The van der Waals surface area contributed by atoms with Gasteiger partial charge in [0.25, 0.3) is 0 Å². The number of aromatic nitrogens is 1. The molecule has 5 nitrogen and oxygen atoms in total. The summed E-state index contributed by atoms with van der Waals surface area (Å²) in [5.74, 6) is -0.272. The molecule has 0 aliphatic rings. The number of para-hydroxylation sites is 1. The Balaban J connectivity index is 1.87. The Hall–Kier alpha value is -2.08. The third-order valence-electron chi connectivity index (χ3n) is 2.40. The Morgan fingerprint density at radius 1 is 1.45 bits per heavy atom. The molecule has 0 unspecified atom stereocenters. The second kappa shape index (κ2) is 6.91. The van der Waals surface area contributed by atoms with Gasteiger partial charge in [0, 0.05) is 6.07 Å². The van der Waals surface area contributed by atoms with Gasteiger partial charge in [-0.25, -0.2) is 4.39 Å². The molecule has 1 N–H and O–H groups in total. The predicted molar refractivity (Wildman–Crippen MR) is 69.8 cm³/mol. The summed E-state index contributed by atoms with van der Waals surface area (Å²) >= 11 is 5.34. The Bertz CT molecular complexity index is 589. The highest BCUT2D eigenvalue weighted by Crippen LogP contribution is 2.17. The highest BCUT2D eigenvalue weighted by atomic mass is 35.5. The number of benzene rings is 1. The van der Waals surface area contributed by atoms with Crippen LogP contribution >= 0.6 is 11.6 Å². The lowest BCUT2D eigenvalue weighted by atomic mass is 10.3. The van der Waals surface area contributed by atoms with Crippen molar-refractivity contribution in [2.75, 3.05) is 5.88 Å². The van der Waals surface area contributed by atoms with Crippen LogP contribution in [0.2, 0.25) is 0 Å². The quantitative estimate of drug-likeness (QED) is 0.831. The van der Waals surface area contributed by atoms with Crippen LogP contribution in [0.25, 0.3) is 0 Å². The van der Waals surface area contributed by atoms with Gasteiger partial charge in [-0.1, -0.05) is 17.3 Å². The third-order valence-corrected chi connectivity index (χ3v) is 2.65. The van der Waals surface area contributed by atoms with Crippen LogP contribution in [0.5, 0.6) is 5.75 Å². The molecule has 0 atom stereocenters. The van der Waals surface area contributed by atoms with Crippen molar-refractivity contribution in [1.29, 1.82) is 0 Å². The highest BCUT2D eigenvalue weighted by molar-refractivity contribution is 6.27. The molecule has 1 amide bonds. The maximum atomic E-state index is 13.3. The second-order valence-electron chi connectivity index (χ2n) is 3.91. The Morgan fingerprint density at radius 3 is 3.00 bits per heavy atom. The molecule has 1 aromatic heterocycles. The topological polar surface area (TPSA) is 64.4 Å². The largest absolute Gasteiger partial charge is 0.482 e. The summed E-state index contributed by atoms with van der Waals surface area (Å²) < 4.78 is 23.6. The van der Waals surface area contributed by atoms with Crippen LogP contribution in [0.15, 0.2) is 34.9 Å². The van der Waals surface area contributed by atoms with Crippen molar-refractivity contribution in [2.24, 2.45) is 0 Å². The van der Waals surface area contributed by atoms with Gasteiger partial charge in [0.1, 0.15) is 18.2 Å². The van der Waals surface area contributed by atoms with Gasteiger partial charge >= 0.3 is 0 Å². The predicted octanol–water partition coefficient (Wildman–Crippen LogP) is 2.25. The van der Waals surface area contributed by atoms with E-state index in [1.807, 2.05) is 0 Å². The van der Waals surface area contributed by atoms with E-state index in [9.17, 15) is 9.18 Å². The molecule has 0 fully saturated rings. The standard InChI is InChI=1S/C13H12ClFN2O3/c14-6-13(18)16-7-9-5-10(20-17-9)8-19-12-4-2-1-3-11(12)15/h1-5H,6-8H2,(H,16,18). The smallest absolute Gasteiger partial charge is 0.235 e. The van der Waals surface area contributed by atoms with Crippen molar-refractivity contribution in [3.8, 4) is 5.75 Å². The summed E-state index contributed by atoms with van der Waals surface area (Å²) in [5.41, 5.74) is 0.538. The lowest BCUT2D eigenvalue weighted by molar-refractivity contribution is -0.118. The summed E-state index contributed by atoms with van der Waals surface area (Å²) in [6, 6.07) is 7.70. The van der Waals surface area contributed by atoms with E-state index in [-0.39, 0.29) is 30.7 Å². The first kappa shape index (κ1) is 14.3. The Kier molecular flexibility index (Phi) is 4.95. The van der Waals surface area contributed by atoms with E-state index in [4.69, 9.17) is 20.9 Å². The van der Waals surface area contributed by atoms with E-state index in [1.54, 1.807) is 18.2 Å². The van der Waals surface area contributed by atoms with Crippen LogP contribution in [-0.2, 0) is 17.9 Å². The Morgan fingerprint density at radius 2 is 2.25 bits per heavy atom. The molecule has 0 aliphatic carbocycles. The van der Waals surface area contributed by atoms with Crippen LogP contribution < -0.4 is 10.1 Å². The number of carbonyl (C=O) groups is 1. The first-order chi connectivity index (χ1) is 9.69. The lowest BCUT2D eigenvalue weighted by Gasteiger charge is -2.03. The molecule has 106 valence electrons. The van der Waals surface area contributed by atoms with Crippen LogP contribution in [0.4, 0.5) is 4.39 Å². The normalized spacial score (nSPS) is 10.3. The lowest BCUT2D eigenvalue weighted by Crippen LogP contribution is -2.23. The van der Waals surface area contributed by atoms with Crippen LogP contribution in [0.1, 0.15) is 11.5 Å². The van der Waals surface area contributed by atoms with Crippen molar-refractivity contribution < 1.29 is 18.4 Å². The van der Waals surface area contributed by atoms with Gasteiger partial charge < -0.3 is 14.6 Å². The summed E-state index contributed by atoms with van der Waals surface area (Å²) in [6.07, 6.45) is 0. The van der Waals surface area contributed by atoms with E-state index in [0.29, 0.717) is 11.5 Å². The van der Waals surface area contributed by atoms with Gasteiger partial charge in [-0.05, 0) is 12.1 Å². The van der Waals surface area contributed by atoms with Gasteiger partial charge in [-0.3, -0.25) is 4.79 Å². The molecule has 2 rings (SSSR count). The minimum absolute atomic E-state index is 0.0530. The van der Waals surface area contributed by atoms with Gasteiger partial charge in [-0.2, -0.15) is 0 Å². The van der Waals surface area contributed by atoms with E-state index in [0.717, 1.165) is 0 Å². The molecular formula is C13H12ClFN2O3. The minimum Gasteiger partial charge on any atom is -0.482 e. The molecule has 0 bridgehead atoms. The number of hydrogen-bond acceptors (Lipinski definition) is 4. The number of nitrogens with zero attached hydrogens (tertiary/aromatic N) is 1. The van der Waals surface area contributed by atoms with Crippen molar-refractivity contribution >= 4 is 17.5 Å². The summed E-state index contributed by atoms with van der Waals surface area (Å²) in [5, 5.41) is 6.30. The van der Waals surface area contributed by atoms with E-state index in [2.05, 4.69) is 10.5 Å². The fourth-order valence-electron chi connectivity index (χ4n) is 1.45. The molecule has 0 spiro atoms. The summed E-state index contributed by atoms with van der Waals surface area (Å²) in [4.78, 5) is 11.0. The number of halogens is 2. The van der Waals surface area contributed by atoms with Crippen LogP contribution in [0, 0.1) is 5.82 Å². The first-order valence-electron chi connectivity index (χ1n) is 5.83. The second-order valence-corrected chi connectivity index (χ2v) is 4.18. The fraction of sp³-hybridized carbons (Fsp3) is 0.231. The van der Waals surface area contributed by atoms with Crippen molar-refractivity contribution in [2.45, 2.75) is 13.2 Å². The third kappa shape index (κ3) is 3.96. The van der Waals surface area contributed by atoms with E-state index in [1.165, 1.54) is 12.1 Å². The molecule has 1 heterocycles. The number of alkyl halides is 1. The fourth-order valence-corrected chi connectivity index (χ4v) is 1.55. The summed E-state index contributed by atoms with van der Waals surface area (Å²) in [6.45, 7) is 0.270. The highest BCUT2D eigenvalue weighted by Gasteiger charge is 2.08. The zero-order chi connectivity index (χ0) is 14.4. The zero-order valence-corrected chi connectivity index (χ0v) is 11.2. The number of carbonyl (C=O) groups excluding carboxylic acids is 1. The van der Waals surface area contributed by atoms with Crippen molar-refractivity contribution in [1.82, 2.24) is 10.5 Å². The van der Waals surface area contributed by atoms with Crippen LogP contribution in [0.3, 0.4) is 0 Å². The number of ether oxygens (including phenoxy) is 1. The number of nitrogens with one attached hydrogen (secondary N) is 1. The average Bonchev–Trinajstić information content (AvgIpc) is 2.92. The van der Waals surface area contributed by atoms with E-state index >= 15 is 0 Å². The van der Waals surface area contributed by atoms with Gasteiger partial charge in [0.05, 0.1) is 6.54 Å². The van der Waals surface area contributed by atoms with Crippen molar-refractivity contribution in [3.63, 3.8) is 0 Å². The Labute approximate surface area is 119 Å². The minimum atomic E-state index is -0.443. The molecule has 20 heavy (non-hydrogen) atoms. The molecule has 2 aromatic rings. The molecule has 7 heteroatoms. The van der Waals surface area contributed by atoms with Crippen molar-refractivity contribution in [3.05, 3.63) is 47.6 Å². The maximum absolute atomic E-state index is 13.3. The maximum Gasteiger partial charge on any atom is 0.235 e. The number of rotatable bonds is 6. The molecule has 0 saturated heterocycles. The van der Waals surface area contributed by atoms with Gasteiger partial charge in [0.2, 0.25) is 5.91 Å². The van der Waals surface area contributed by atoms with E-state index < -0.39 is 5.82 Å². The molecular weight excluding hydrogens is 287 g/mol. The van der Waals surface area contributed by atoms with Crippen LogP contribution in [-0.4, -0.2) is 16.9 Å². The molecule has 0 saturated carbocycles.